The number of para-hydroxylation sites is 1. The largest absolute Gasteiger partial charge is 0.306 e. The van der Waals surface area contributed by atoms with E-state index in [0.717, 1.165) is 12.1 Å². The molecule has 0 saturated heterocycles. The molecule has 3 aromatic rings. The third kappa shape index (κ3) is 3.29. The Balaban J connectivity index is 1.69. The number of pyridine rings is 1. The van der Waals surface area contributed by atoms with Crippen LogP contribution in [0.3, 0.4) is 0 Å². The summed E-state index contributed by atoms with van der Waals surface area (Å²) < 4.78 is 0. The van der Waals surface area contributed by atoms with Gasteiger partial charge in [-0.15, -0.1) is 0 Å². The van der Waals surface area contributed by atoms with Gasteiger partial charge in [-0.3, -0.25) is 4.98 Å². The van der Waals surface area contributed by atoms with Crippen molar-refractivity contribution in [2.75, 3.05) is 0 Å². The van der Waals surface area contributed by atoms with Crippen LogP contribution >= 0.6 is 0 Å². The molecule has 0 spiro atoms. The predicted octanol–water partition coefficient (Wildman–Crippen LogP) is 4.39. The number of rotatable bonds is 4. The van der Waals surface area contributed by atoms with E-state index in [1.807, 2.05) is 18.3 Å². The highest BCUT2D eigenvalue weighted by atomic mass is 14.9. The number of benzene rings is 2. The van der Waals surface area contributed by atoms with E-state index >= 15 is 0 Å². The molecule has 0 aliphatic carbocycles. The minimum absolute atomic E-state index is 0.331. The van der Waals surface area contributed by atoms with Gasteiger partial charge in [0.2, 0.25) is 0 Å². The van der Waals surface area contributed by atoms with Crippen LogP contribution in [0.1, 0.15) is 29.7 Å². The van der Waals surface area contributed by atoms with E-state index in [2.05, 4.69) is 66.6 Å². The molecule has 0 unspecified atom stereocenters. The molecule has 106 valence electrons. The fourth-order valence-corrected chi connectivity index (χ4v) is 2.46. The summed E-state index contributed by atoms with van der Waals surface area (Å²) >= 11 is 0. The number of aromatic nitrogens is 1. The molecule has 21 heavy (non-hydrogen) atoms. The second kappa shape index (κ2) is 6.06. The number of hydrogen-bond acceptors (Lipinski definition) is 2. The van der Waals surface area contributed by atoms with Crippen molar-refractivity contribution < 1.29 is 0 Å². The van der Waals surface area contributed by atoms with Crippen LogP contribution in [0.4, 0.5) is 0 Å². The molecule has 0 saturated carbocycles. The molecular weight excluding hydrogens is 256 g/mol. The molecule has 2 heteroatoms. The van der Waals surface area contributed by atoms with Crippen molar-refractivity contribution in [3.63, 3.8) is 0 Å². The summed E-state index contributed by atoms with van der Waals surface area (Å²) in [5, 5.41) is 4.75. The summed E-state index contributed by atoms with van der Waals surface area (Å²) in [7, 11) is 0. The van der Waals surface area contributed by atoms with Gasteiger partial charge >= 0.3 is 0 Å². The van der Waals surface area contributed by atoms with Crippen LogP contribution in [0.15, 0.2) is 60.8 Å². The molecule has 2 aromatic carbocycles. The lowest BCUT2D eigenvalue weighted by molar-refractivity contribution is 0.574. The van der Waals surface area contributed by atoms with Gasteiger partial charge in [0.15, 0.2) is 0 Å². The quantitative estimate of drug-likeness (QED) is 0.764. The normalized spacial score (nSPS) is 12.5. The average Bonchev–Trinajstić information content (AvgIpc) is 2.53. The molecule has 1 aromatic heterocycles. The molecular formula is C19H20N2. The van der Waals surface area contributed by atoms with Crippen molar-refractivity contribution >= 4 is 10.9 Å². The van der Waals surface area contributed by atoms with Crippen molar-refractivity contribution in [2.24, 2.45) is 0 Å². The van der Waals surface area contributed by atoms with Crippen LogP contribution < -0.4 is 5.32 Å². The van der Waals surface area contributed by atoms with Crippen LogP contribution in [-0.2, 0) is 6.54 Å². The second-order valence-electron chi connectivity index (χ2n) is 5.55. The van der Waals surface area contributed by atoms with E-state index in [9.17, 15) is 0 Å². The third-order valence-corrected chi connectivity index (χ3v) is 3.84. The van der Waals surface area contributed by atoms with Crippen molar-refractivity contribution in [1.29, 1.82) is 0 Å². The minimum Gasteiger partial charge on any atom is -0.306 e. The fourth-order valence-electron chi connectivity index (χ4n) is 2.46. The lowest BCUT2D eigenvalue weighted by Gasteiger charge is -2.14. The first-order chi connectivity index (χ1) is 10.2. The van der Waals surface area contributed by atoms with E-state index in [-0.39, 0.29) is 0 Å². The summed E-state index contributed by atoms with van der Waals surface area (Å²) in [5.74, 6) is 0. The first-order valence-corrected chi connectivity index (χ1v) is 7.36. The molecule has 0 radical (unpaired) electrons. The number of nitrogens with zero attached hydrogens (tertiary/aromatic N) is 1. The van der Waals surface area contributed by atoms with Crippen LogP contribution in [-0.4, -0.2) is 4.98 Å². The molecule has 0 aliphatic heterocycles. The van der Waals surface area contributed by atoms with Gasteiger partial charge in [0.25, 0.3) is 0 Å². The summed E-state index contributed by atoms with van der Waals surface area (Å²) in [5.41, 5.74) is 4.87. The van der Waals surface area contributed by atoms with Crippen LogP contribution in [0.2, 0.25) is 0 Å². The zero-order valence-electron chi connectivity index (χ0n) is 12.5. The molecule has 0 aliphatic rings. The molecule has 1 N–H and O–H groups in total. The van der Waals surface area contributed by atoms with Gasteiger partial charge in [0.05, 0.1) is 5.52 Å². The average molecular weight is 276 g/mol. The van der Waals surface area contributed by atoms with Gasteiger partial charge in [-0.25, -0.2) is 0 Å². The molecule has 0 bridgehead atoms. The van der Waals surface area contributed by atoms with E-state index in [4.69, 9.17) is 0 Å². The zero-order valence-corrected chi connectivity index (χ0v) is 12.5. The van der Waals surface area contributed by atoms with Crippen molar-refractivity contribution in [1.82, 2.24) is 10.3 Å². The Bertz CT molecular complexity index is 732. The van der Waals surface area contributed by atoms with Gasteiger partial charge in [-0.2, -0.15) is 0 Å². The van der Waals surface area contributed by atoms with Crippen molar-refractivity contribution in [3.8, 4) is 0 Å². The van der Waals surface area contributed by atoms with Gasteiger partial charge in [-0.1, -0.05) is 48.0 Å². The Labute approximate surface area is 125 Å². The van der Waals surface area contributed by atoms with E-state index < -0.39 is 0 Å². The van der Waals surface area contributed by atoms with Gasteiger partial charge in [0, 0.05) is 24.2 Å². The highest BCUT2D eigenvalue weighted by Gasteiger charge is 2.05. The SMILES string of the molecule is Cc1ccc([C@@H](C)NCc2cnc3ccccc3c2)cc1. The summed E-state index contributed by atoms with van der Waals surface area (Å²) in [4.78, 5) is 4.50. The second-order valence-corrected chi connectivity index (χ2v) is 5.55. The summed E-state index contributed by atoms with van der Waals surface area (Å²) in [6.45, 7) is 5.13. The monoisotopic (exact) mass is 276 g/mol. The lowest BCUT2D eigenvalue weighted by Crippen LogP contribution is -2.18. The summed E-state index contributed by atoms with van der Waals surface area (Å²) in [6, 6.07) is 19.4. The van der Waals surface area contributed by atoms with E-state index in [1.165, 1.54) is 22.1 Å². The van der Waals surface area contributed by atoms with Crippen LogP contribution in [0, 0.1) is 6.92 Å². The molecule has 0 fully saturated rings. The number of nitrogens with one attached hydrogen (secondary N) is 1. The van der Waals surface area contributed by atoms with Crippen molar-refractivity contribution in [2.45, 2.75) is 26.4 Å². The Morgan fingerprint density at radius 2 is 1.81 bits per heavy atom. The first-order valence-electron chi connectivity index (χ1n) is 7.36. The number of fused-ring (bicyclic) bond motifs is 1. The standard InChI is InChI=1S/C19H20N2/c1-14-7-9-17(10-8-14)15(2)20-12-16-11-18-5-3-4-6-19(18)21-13-16/h3-11,13,15,20H,12H2,1-2H3/t15-/m1/s1. The Morgan fingerprint density at radius 3 is 2.62 bits per heavy atom. The van der Waals surface area contributed by atoms with E-state index in [0.29, 0.717) is 6.04 Å². The maximum atomic E-state index is 4.50. The topological polar surface area (TPSA) is 24.9 Å². The number of hydrogen-bond donors (Lipinski definition) is 1. The van der Waals surface area contributed by atoms with Gasteiger partial charge in [0.1, 0.15) is 0 Å². The maximum Gasteiger partial charge on any atom is 0.0702 e. The van der Waals surface area contributed by atoms with Gasteiger partial charge < -0.3 is 5.32 Å². The molecule has 1 heterocycles. The molecule has 0 amide bonds. The number of aryl methyl sites for hydroxylation is 1. The fraction of sp³-hybridized carbons (Fsp3) is 0.211. The highest BCUT2D eigenvalue weighted by Crippen LogP contribution is 2.16. The van der Waals surface area contributed by atoms with Crippen LogP contribution in [0.25, 0.3) is 10.9 Å². The van der Waals surface area contributed by atoms with Gasteiger partial charge in [-0.05, 0) is 37.1 Å². The highest BCUT2D eigenvalue weighted by molar-refractivity contribution is 5.78. The Hall–Kier alpha value is -2.19. The molecule has 2 nitrogen and oxygen atoms in total. The van der Waals surface area contributed by atoms with Crippen LogP contribution in [0.5, 0.6) is 0 Å². The maximum absolute atomic E-state index is 4.50. The third-order valence-electron chi connectivity index (χ3n) is 3.84. The minimum atomic E-state index is 0.331. The molecule has 3 rings (SSSR count). The smallest absolute Gasteiger partial charge is 0.0702 e. The predicted molar refractivity (Wildman–Crippen MR) is 88.2 cm³/mol. The zero-order chi connectivity index (χ0) is 14.7. The Kier molecular flexibility index (Phi) is 3.98. The van der Waals surface area contributed by atoms with E-state index in [1.54, 1.807) is 0 Å². The lowest BCUT2D eigenvalue weighted by atomic mass is 10.1. The molecule has 1 atom stereocenters. The summed E-state index contributed by atoms with van der Waals surface area (Å²) in [6.07, 6.45) is 1.96. The Morgan fingerprint density at radius 1 is 1.05 bits per heavy atom. The van der Waals surface area contributed by atoms with Crippen molar-refractivity contribution in [3.05, 3.63) is 77.5 Å². The first kappa shape index (κ1) is 13.8.